The number of hydrogen-bond acceptors (Lipinski definition) is 4. The lowest BCUT2D eigenvalue weighted by atomic mass is 10.1. The van der Waals surface area contributed by atoms with E-state index in [1.54, 1.807) is 18.2 Å². The first-order valence-corrected chi connectivity index (χ1v) is 7.12. The van der Waals surface area contributed by atoms with Crippen LogP contribution in [0.4, 0.5) is 11.4 Å². The molecule has 1 heterocycles. The van der Waals surface area contributed by atoms with Gasteiger partial charge in [0.15, 0.2) is 0 Å². The number of amides is 2. The molecule has 0 aliphatic carbocycles. The zero-order valence-electron chi connectivity index (χ0n) is 12.5. The van der Waals surface area contributed by atoms with Gasteiger partial charge < -0.3 is 20.1 Å². The van der Waals surface area contributed by atoms with Gasteiger partial charge in [0, 0.05) is 18.4 Å². The van der Waals surface area contributed by atoms with Gasteiger partial charge in [0.25, 0.3) is 5.91 Å². The first kappa shape index (κ1) is 15.1. The van der Waals surface area contributed by atoms with Crippen LogP contribution >= 0.6 is 0 Å². The van der Waals surface area contributed by atoms with E-state index in [9.17, 15) is 9.59 Å². The summed E-state index contributed by atoms with van der Waals surface area (Å²) in [5, 5.41) is 5.49. The number of carbonyl (C=O) groups is 2. The summed E-state index contributed by atoms with van der Waals surface area (Å²) in [6.45, 7) is -0.0317. The van der Waals surface area contributed by atoms with Crippen LogP contribution in [0.1, 0.15) is 11.7 Å². The summed E-state index contributed by atoms with van der Waals surface area (Å²) in [6.07, 6.45) is -0.683. The molecule has 3 rings (SSSR count). The summed E-state index contributed by atoms with van der Waals surface area (Å²) in [7, 11) is 1.45. The molecule has 0 bridgehead atoms. The third-order valence-electron chi connectivity index (χ3n) is 3.38. The fourth-order valence-electron chi connectivity index (χ4n) is 2.36. The van der Waals surface area contributed by atoms with Crippen molar-refractivity contribution in [3.05, 3.63) is 54.1 Å². The number of fused-ring (bicyclic) bond motifs is 1. The quantitative estimate of drug-likeness (QED) is 0.908. The molecule has 0 fully saturated rings. The van der Waals surface area contributed by atoms with Gasteiger partial charge in [-0.05, 0) is 18.2 Å². The number of ether oxygens (including phenoxy) is 2. The fraction of sp³-hybridized carbons (Fsp3) is 0.176. The molecule has 2 aromatic carbocycles. The highest BCUT2D eigenvalue weighted by Gasteiger charge is 2.29. The molecule has 0 spiro atoms. The highest BCUT2D eigenvalue weighted by molar-refractivity contribution is 6.00. The van der Waals surface area contributed by atoms with Gasteiger partial charge in [0.1, 0.15) is 12.4 Å². The van der Waals surface area contributed by atoms with Crippen molar-refractivity contribution in [2.24, 2.45) is 0 Å². The second-order valence-electron chi connectivity index (χ2n) is 5.09. The summed E-state index contributed by atoms with van der Waals surface area (Å²) >= 11 is 0. The molecule has 1 atom stereocenters. The number of benzene rings is 2. The third kappa shape index (κ3) is 3.32. The molecule has 118 valence electrons. The predicted octanol–water partition coefficient (Wildman–Crippen LogP) is 2.34. The molecule has 2 aromatic rings. The van der Waals surface area contributed by atoms with Crippen LogP contribution in [-0.4, -0.2) is 25.5 Å². The molecular formula is C17H16N2O4. The Hall–Kier alpha value is -2.86. The smallest absolute Gasteiger partial charge is 0.270 e. The molecule has 2 N–H and O–H groups in total. The van der Waals surface area contributed by atoms with Crippen molar-refractivity contribution in [2.75, 3.05) is 24.4 Å². The fourth-order valence-corrected chi connectivity index (χ4v) is 2.36. The summed E-state index contributed by atoms with van der Waals surface area (Å²) in [5.41, 5.74) is 1.87. The second-order valence-corrected chi connectivity index (χ2v) is 5.09. The molecule has 0 radical (unpaired) electrons. The van der Waals surface area contributed by atoms with E-state index in [-0.39, 0.29) is 18.4 Å². The van der Waals surface area contributed by atoms with Crippen molar-refractivity contribution < 1.29 is 19.1 Å². The molecule has 6 heteroatoms. The maximum atomic E-state index is 12.3. The summed E-state index contributed by atoms with van der Waals surface area (Å²) in [4.78, 5) is 23.8. The van der Waals surface area contributed by atoms with Crippen molar-refractivity contribution in [2.45, 2.75) is 6.10 Å². The lowest BCUT2D eigenvalue weighted by Crippen LogP contribution is -2.30. The van der Waals surface area contributed by atoms with Crippen molar-refractivity contribution in [3.8, 4) is 5.75 Å². The third-order valence-corrected chi connectivity index (χ3v) is 3.38. The van der Waals surface area contributed by atoms with E-state index in [2.05, 4.69) is 10.6 Å². The van der Waals surface area contributed by atoms with E-state index in [0.717, 1.165) is 5.56 Å². The number of anilines is 2. The van der Waals surface area contributed by atoms with E-state index in [1.807, 2.05) is 30.3 Å². The molecule has 1 aliphatic heterocycles. The number of nitrogens with one attached hydrogen (secondary N) is 2. The maximum absolute atomic E-state index is 12.3. The minimum absolute atomic E-state index is 0.0317. The van der Waals surface area contributed by atoms with Gasteiger partial charge in [-0.3, -0.25) is 9.59 Å². The van der Waals surface area contributed by atoms with Crippen molar-refractivity contribution in [3.63, 3.8) is 0 Å². The molecule has 1 aliphatic rings. The van der Waals surface area contributed by atoms with Gasteiger partial charge in [-0.25, -0.2) is 0 Å². The highest BCUT2D eigenvalue weighted by Crippen LogP contribution is 2.36. The number of hydrogen-bond donors (Lipinski definition) is 2. The molecule has 1 unspecified atom stereocenters. The van der Waals surface area contributed by atoms with Gasteiger partial charge in [-0.2, -0.15) is 0 Å². The van der Waals surface area contributed by atoms with E-state index in [0.29, 0.717) is 17.1 Å². The van der Waals surface area contributed by atoms with Crippen molar-refractivity contribution in [1.82, 2.24) is 0 Å². The van der Waals surface area contributed by atoms with Crippen LogP contribution in [-0.2, 0) is 14.3 Å². The number of rotatable bonds is 4. The average molecular weight is 312 g/mol. The Morgan fingerprint density at radius 3 is 2.78 bits per heavy atom. The second kappa shape index (κ2) is 6.50. The Kier molecular flexibility index (Phi) is 4.25. The molecule has 0 saturated heterocycles. The normalized spacial score (nSPS) is 16.0. The standard InChI is InChI=1S/C17H16N2O4/c1-22-10-15(20)18-12-7-8-14-13(9-12)19-17(21)16(23-14)11-5-3-2-4-6-11/h2-9,16H,10H2,1H3,(H,18,20)(H,19,21). The van der Waals surface area contributed by atoms with E-state index in [4.69, 9.17) is 9.47 Å². The van der Waals surface area contributed by atoms with Crippen LogP contribution < -0.4 is 15.4 Å². The summed E-state index contributed by atoms with van der Waals surface area (Å²) < 4.78 is 10.6. The highest BCUT2D eigenvalue weighted by atomic mass is 16.5. The summed E-state index contributed by atoms with van der Waals surface area (Å²) in [6, 6.07) is 14.4. The Bertz CT molecular complexity index is 731. The van der Waals surface area contributed by atoms with Crippen molar-refractivity contribution >= 4 is 23.2 Å². The Balaban J connectivity index is 1.80. The van der Waals surface area contributed by atoms with Crippen LogP contribution in [0.15, 0.2) is 48.5 Å². The topological polar surface area (TPSA) is 76.7 Å². The van der Waals surface area contributed by atoms with Gasteiger partial charge in [0.05, 0.1) is 5.69 Å². The van der Waals surface area contributed by atoms with Crippen LogP contribution in [0.25, 0.3) is 0 Å². The molecular weight excluding hydrogens is 296 g/mol. The first-order valence-electron chi connectivity index (χ1n) is 7.12. The van der Waals surface area contributed by atoms with Crippen LogP contribution in [0.5, 0.6) is 5.75 Å². The minimum atomic E-state index is -0.683. The van der Waals surface area contributed by atoms with Crippen molar-refractivity contribution in [1.29, 1.82) is 0 Å². The molecule has 6 nitrogen and oxygen atoms in total. The average Bonchev–Trinajstić information content (AvgIpc) is 2.55. The van der Waals surface area contributed by atoms with E-state index < -0.39 is 6.10 Å². The molecule has 0 saturated carbocycles. The Morgan fingerprint density at radius 1 is 1.26 bits per heavy atom. The summed E-state index contributed by atoms with van der Waals surface area (Å²) in [5.74, 6) is 0.0462. The lowest BCUT2D eigenvalue weighted by Gasteiger charge is -2.26. The van der Waals surface area contributed by atoms with E-state index in [1.165, 1.54) is 7.11 Å². The zero-order valence-corrected chi connectivity index (χ0v) is 12.5. The van der Waals surface area contributed by atoms with Gasteiger partial charge >= 0.3 is 0 Å². The molecule has 23 heavy (non-hydrogen) atoms. The number of carbonyl (C=O) groups excluding carboxylic acids is 2. The van der Waals surface area contributed by atoms with E-state index >= 15 is 0 Å². The van der Waals surface area contributed by atoms with Crippen LogP contribution in [0.3, 0.4) is 0 Å². The van der Waals surface area contributed by atoms with Crippen LogP contribution in [0, 0.1) is 0 Å². The van der Waals surface area contributed by atoms with Gasteiger partial charge in [-0.1, -0.05) is 30.3 Å². The maximum Gasteiger partial charge on any atom is 0.270 e. The molecule has 0 aromatic heterocycles. The van der Waals surface area contributed by atoms with Crippen LogP contribution in [0.2, 0.25) is 0 Å². The predicted molar refractivity (Wildman–Crippen MR) is 85.4 cm³/mol. The first-order chi connectivity index (χ1) is 11.2. The lowest BCUT2D eigenvalue weighted by molar-refractivity contribution is -0.123. The van der Waals surface area contributed by atoms with Gasteiger partial charge in [-0.15, -0.1) is 0 Å². The van der Waals surface area contributed by atoms with Gasteiger partial charge in [0.2, 0.25) is 12.0 Å². The number of methoxy groups -OCH3 is 1. The molecule has 2 amide bonds. The minimum Gasteiger partial charge on any atom is -0.474 e. The largest absolute Gasteiger partial charge is 0.474 e. The zero-order chi connectivity index (χ0) is 16.2. The Labute approximate surface area is 133 Å². The monoisotopic (exact) mass is 312 g/mol. The Morgan fingerprint density at radius 2 is 2.04 bits per heavy atom. The SMILES string of the molecule is COCC(=O)Nc1ccc2c(c1)NC(=O)C(c1ccccc1)O2.